The lowest BCUT2D eigenvalue weighted by Gasteiger charge is -2.30. The molecule has 0 spiro atoms. The highest BCUT2D eigenvalue weighted by Gasteiger charge is 2.31. The van der Waals surface area contributed by atoms with Gasteiger partial charge in [0.15, 0.2) is 0 Å². The number of ether oxygens (including phenoxy) is 1. The molecule has 0 aromatic heterocycles. The van der Waals surface area contributed by atoms with E-state index in [1.165, 1.54) is 19.3 Å². The lowest BCUT2D eigenvalue weighted by atomic mass is 9.75. The van der Waals surface area contributed by atoms with Gasteiger partial charge in [-0.05, 0) is 44.4 Å². The van der Waals surface area contributed by atoms with Gasteiger partial charge >= 0.3 is 0 Å². The monoisotopic (exact) mass is 224 g/mol. The van der Waals surface area contributed by atoms with E-state index in [0.29, 0.717) is 17.6 Å². The van der Waals surface area contributed by atoms with Gasteiger partial charge in [-0.15, -0.1) is 0 Å². The number of carbonyl (C=O) groups is 1. The zero-order valence-corrected chi connectivity index (χ0v) is 10.4. The first-order valence-electron chi connectivity index (χ1n) is 6.92. The second-order valence-corrected chi connectivity index (χ2v) is 5.41. The molecule has 1 aliphatic heterocycles. The molecule has 0 aromatic carbocycles. The van der Waals surface area contributed by atoms with E-state index in [1.807, 2.05) is 0 Å². The number of ketones is 1. The van der Waals surface area contributed by atoms with Crippen LogP contribution in [0.1, 0.15) is 51.9 Å². The Kier molecular flexibility index (Phi) is 4.39. The summed E-state index contributed by atoms with van der Waals surface area (Å²) in [5, 5.41) is 0. The van der Waals surface area contributed by atoms with Gasteiger partial charge in [-0.2, -0.15) is 0 Å². The lowest BCUT2D eigenvalue weighted by molar-refractivity contribution is -0.130. The molecule has 1 heterocycles. The first-order chi connectivity index (χ1) is 7.81. The molecule has 16 heavy (non-hydrogen) atoms. The van der Waals surface area contributed by atoms with Crippen molar-refractivity contribution in [1.82, 2.24) is 0 Å². The normalized spacial score (nSPS) is 32.6. The van der Waals surface area contributed by atoms with Gasteiger partial charge in [-0.1, -0.05) is 13.3 Å². The predicted octanol–water partition coefficient (Wildman–Crippen LogP) is 3.20. The maximum atomic E-state index is 12.3. The largest absolute Gasteiger partial charge is 0.381 e. The first kappa shape index (κ1) is 12.1. The zero-order valence-electron chi connectivity index (χ0n) is 10.4. The van der Waals surface area contributed by atoms with Crippen LogP contribution in [0.25, 0.3) is 0 Å². The first-order valence-corrected chi connectivity index (χ1v) is 6.92. The lowest BCUT2D eigenvalue weighted by Crippen LogP contribution is -2.31. The Morgan fingerprint density at radius 1 is 1.00 bits per heavy atom. The second-order valence-electron chi connectivity index (χ2n) is 5.41. The SMILES string of the molecule is CCC1CCC(C(=O)C2CCOCC2)CC1. The Bertz CT molecular complexity index is 223. The molecule has 0 amide bonds. The summed E-state index contributed by atoms with van der Waals surface area (Å²) in [5.74, 6) is 2.14. The summed E-state index contributed by atoms with van der Waals surface area (Å²) in [6.07, 6.45) is 8.06. The highest BCUT2D eigenvalue weighted by molar-refractivity contribution is 5.83. The van der Waals surface area contributed by atoms with E-state index in [1.54, 1.807) is 0 Å². The molecular weight excluding hydrogens is 200 g/mol. The average molecular weight is 224 g/mol. The van der Waals surface area contributed by atoms with Crippen molar-refractivity contribution in [3.05, 3.63) is 0 Å². The van der Waals surface area contributed by atoms with Crippen LogP contribution in [0.15, 0.2) is 0 Å². The van der Waals surface area contributed by atoms with Gasteiger partial charge in [0.1, 0.15) is 5.78 Å². The summed E-state index contributed by atoms with van der Waals surface area (Å²) in [6, 6.07) is 0. The maximum Gasteiger partial charge on any atom is 0.139 e. The van der Waals surface area contributed by atoms with Crippen molar-refractivity contribution in [2.24, 2.45) is 17.8 Å². The third-order valence-corrected chi connectivity index (χ3v) is 4.45. The van der Waals surface area contributed by atoms with Crippen molar-refractivity contribution >= 4 is 5.78 Å². The smallest absolute Gasteiger partial charge is 0.139 e. The van der Waals surface area contributed by atoms with Gasteiger partial charge in [-0.25, -0.2) is 0 Å². The third kappa shape index (κ3) is 2.85. The molecule has 1 aliphatic carbocycles. The van der Waals surface area contributed by atoms with E-state index in [9.17, 15) is 4.79 Å². The van der Waals surface area contributed by atoms with Crippen LogP contribution in [-0.2, 0) is 9.53 Å². The van der Waals surface area contributed by atoms with Crippen LogP contribution in [0.5, 0.6) is 0 Å². The Balaban J connectivity index is 1.81. The molecule has 92 valence electrons. The van der Waals surface area contributed by atoms with E-state index in [-0.39, 0.29) is 0 Å². The molecule has 2 heteroatoms. The van der Waals surface area contributed by atoms with E-state index in [0.717, 1.165) is 44.8 Å². The van der Waals surface area contributed by atoms with Gasteiger partial charge in [0, 0.05) is 25.0 Å². The molecule has 1 saturated heterocycles. The van der Waals surface area contributed by atoms with Gasteiger partial charge in [0.05, 0.1) is 0 Å². The van der Waals surface area contributed by atoms with Crippen LogP contribution in [0.4, 0.5) is 0 Å². The molecule has 0 aromatic rings. The fourth-order valence-electron chi connectivity index (χ4n) is 3.17. The van der Waals surface area contributed by atoms with Crippen LogP contribution < -0.4 is 0 Å². The van der Waals surface area contributed by atoms with Crippen molar-refractivity contribution in [2.45, 2.75) is 51.9 Å². The van der Waals surface area contributed by atoms with Crippen LogP contribution in [0.3, 0.4) is 0 Å². The standard InChI is InChI=1S/C14H24O2/c1-2-11-3-5-12(6-4-11)14(15)13-7-9-16-10-8-13/h11-13H,2-10H2,1H3. The highest BCUT2D eigenvalue weighted by atomic mass is 16.5. The van der Waals surface area contributed by atoms with Gasteiger partial charge < -0.3 is 4.74 Å². The Hall–Kier alpha value is -0.370. The van der Waals surface area contributed by atoms with Crippen molar-refractivity contribution in [1.29, 1.82) is 0 Å². The molecule has 2 rings (SSSR count). The Morgan fingerprint density at radius 2 is 1.56 bits per heavy atom. The van der Waals surface area contributed by atoms with Crippen molar-refractivity contribution in [3.8, 4) is 0 Å². The molecule has 2 nitrogen and oxygen atoms in total. The molecule has 0 N–H and O–H groups in total. The highest BCUT2D eigenvalue weighted by Crippen LogP contribution is 2.34. The summed E-state index contributed by atoms with van der Waals surface area (Å²) in [6.45, 7) is 3.85. The van der Waals surface area contributed by atoms with Crippen LogP contribution in [-0.4, -0.2) is 19.0 Å². The minimum absolute atomic E-state index is 0.317. The molecule has 1 saturated carbocycles. The Labute approximate surface area is 98.7 Å². The molecule has 2 aliphatic rings. The summed E-state index contributed by atoms with van der Waals surface area (Å²) < 4.78 is 5.32. The molecule has 0 bridgehead atoms. The zero-order chi connectivity index (χ0) is 11.4. The summed E-state index contributed by atoms with van der Waals surface area (Å²) in [5.41, 5.74) is 0. The molecule has 0 unspecified atom stereocenters. The van der Waals surface area contributed by atoms with E-state index in [2.05, 4.69) is 6.92 Å². The molecule has 0 radical (unpaired) electrons. The van der Waals surface area contributed by atoms with E-state index in [4.69, 9.17) is 4.74 Å². The van der Waals surface area contributed by atoms with Crippen LogP contribution in [0, 0.1) is 17.8 Å². The number of carbonyl (C=O) groups excluding carboxylic acids is 1. The van der Waals surface area contributed by atoms with Crippen LogP contribution in [0.2, 0.25) is 0 Å². The minimum Gasteiger partial charge on any atom is -0.381 e. The molecule has 0 atom stereocenters. The molecular formula is C14H24O2. The summed E-state index contributed by atoms with van der Waals surface area (Å²) in [4.78, 5) is 12.3. The van der Waals surface area contributed by atoms with E-state index >= 15 is 0 Å². The minimum atomic E-state index is 0.317. The number of hydrogen-bond acceptors (Lipinski definition) is 2. The Morgan fingerprint density at radius 3 is 2.12 bits per heavy atom. The van der Waals surface area contributed by atoms with Crippen molar-refractivity contribution < 1.29 is 9.53 Å². The number of Topliss-reactive ketones (excluding diaryl/α,β-unsaturated/α-hetero) is 1. The number of hydrogen-bond donors (Lipinski definition) is 0. The fourth-order valence-corrected chi connectivity index (χ4v) is 3.17. The topological polar surface area (TPSA) is 26.3 Å². The predicted molar refractivity (Wildman–Crippen MR) is 64.3 cm³/mol. The quantitative estimate of drug-likeness (QED) is 0.736. The average Bonchev–Trinajstić information content (AvgIpc) is 2.39. The molecule has 2 fully saturated rings. The maximum absolute atomic E-state index is 12.3. The third-order valence-electron chi connectivity index (χ3n) is 4.45. The summed E-state index contributed by atoms with van der Waals surface area (Å²) >= 11 is 0. The fraction of sp³-hybridized carbons (Fsp3) is 0.929. The number of rotatable bonds is 3. The van der Waals surface area contributed by atoms with Crippen molar-refractivity contribution in [2.75, 3.05) is 13.2 Å². The van der Waals surface area contributed by atoms with Crippen molar-refractivity contribution in [3.63, 3.8) is 0 Å². The van der Waals surface area contributed by atoms with E-state index < -0.39 is 0 Å². The van der Waals surface area contributed by atoms with Gasteiger partial charge in [0.25, 0.3) is 0 Å². The van der Waals surface area contributed by atoms with Gasteiger partial charge in [0.2, 0.25) is 0 Å². The van der Waals surface area contributed by atoms with Gasteiger partial charge in [-0.3, -0.25) is 4.79 Å². The van der Waals surface area contributed by atoms with Crippen LogP contribution >= 0.6 is 0 Å². The second kappa shape index (κ2) is 5.81. The summed E-state index contributed by atoms with van der Waals surface area (Å²) in [7, 11) is 0.